The summed E-state index contributed by atoms with van der Waals surface area (Å²) in [7, 11) is 1.93. The van der Waals surface area contributed by atoms with Crippen LogP contribution in [0.4, 0.5) is 0 Å². The molecular formula is C14H14N2O4. The largest absolute Gasteiger partial charge is 0.423 e. The van der Waals surface area contributed by atoms with Crippen molar-refractivity contribution in [2.45, 2.75) is 13.3 Å². The van der Waals surface area contributed by atoms with Crippen LogP contribution in [0.2, 0.25) is 0 Å². The molecule has 0 unspecified atom stereocenters. The third-order valence-electron chi connectivity index (χ3n) is 3.66. The van der Waals surface area contributed by atoms with Gasteiger partial charge in [-0.05, 0) is 37.6 Å². The number of aromatic nitrogens is 1. The third kappa shape index (κ3) is 1.61. The Morgan fingerprint density at radius 2 is 1.90 bits per heavy atom. The molecule has 0 atom stereocenters. The van der Waals surface area contributed by atoms with E-state index in [2.05, 4.69) is 0 Å². The van der Waals surface area contributed by atoms with E-state index in [1.165, 1.54) is 0 Å². The van der Waals surface area contributed by atoms with Crippen molar-refractivity contribution in [1.82, 2.24) is 4.57 Å². The summed E-state index contributed by atoms with van der Waals surface area (Å²) in [5, 5.41) is 0.786. The van der Waals surface area contributed by atoms with Crippen molar-refractivity contribution in [2.24, 2.45) is 12.8 Å². The van der Waals surface area contributed by atoms with Crippen molar-refractivity contribution in [3.05, 3.63) is 44.2 Å². The molecule has 0 spiro atoms. The molecule has 2 N–H and O–H groups in total. The van der Waals surface area contributed by atoms with Crippen LogP contribution in [-0.4, -0.2) is 11.1 Å². The lowest BCUT2D eigenvalue weighted by atomic mass is 10.1. The van der Waals surface area contributed by atoms with Crippen LogP contribution in [0, 0.1) is 6.92 Å². The monoisotopic (exact) mass is 274 g/mol. The van der Waals surface area contributed by atoms with Gasteiger partial charge < -0.3 is 19.1 Å². The van der Waals surface area contributed by atoms with Crippen LogP contribution in [0.3, 0.4) is 0 Å². The second kappa shape index (κ2) is 4.35. The van der Waals surface area contributed by atoms with E-state index >= 15 is 0 Å². The average molecular weight is 274 g/mol. The Morgan fingerprint density at radius 3 is 2.60 bits per heavy atom. The van der Waals surface area contributed by atoms with Gasteiger partial charge in [0.05, 0.1) is 5.52 Å². The summed E-state index contributed by atoms with van der Waals surface area (Å²) in [4.78, 5) is 22.7. The summed E-state index contributed by atoms with van der Waals surface area (Å²) >= 11 is 0. The van der Waals surface area contributed by atoms with Crippen molar-refractivity contribution in [3.63, 3.8) is 0 Å². The number of nitrogens with two attached hydrogens (primary N) is 1. The third-order valence-corrected chi connectivity index (χ3v) is 3.66. The number of nitrogens with zero attached hydrogens (tertiary/aromatic N) is 1. The zero-order valence-corrected chi connectivity index (χ0v) is 11.2. The minimum absolute atomic E-state index is 0.269. The first-order chi connectivity index (χ1) is 9.54. The Kier molecular flexibility index (Phi) is 2.76. The smallest absolute Gasteiger partial charge is 0.414 e. The maximum atomic E-state index is 11.4. The van der Waals surface area contributed by atoms with Crippen LogP contribution >= 0.6 is 0 Å². The second-order valence-corrected chi connectivity index (χ2v) is 4.73. The summed E-state index contributed by atoms with van der Waals surface area (Å²) in [6.45, 7) is 2.46. The van der Waals surface area contributed by atoms with E-state index < -0.39 is 11.3 Å². The van der Waals surface area contributed by atoms with Crippen LogP contribution in [-0.2, 0) is 13.5 Å². The molecule has 6 nitrogen and oxygen atoms in total. The van der Waals surface area contributed by atoms with Crippen molar-refractivity contribution < 1.29 is 8.83 Å². The molecule has 0 radical (unpaired) electrons. The maximum Gasteiger partial charge on any atom is 0.423 e. The van der Waals surface area contributed by atoms with E-state index in [9.17, 15) is 9.59 Å². The highest BCUT2D eigenvalue weighted by molar-refractivity contribution is 6.03. The van der Waals surface area contributed by atoms with Gasteiger partial charge in [-0.2, -0.15) is 0 Å². The van der Waals surface area contributed by atoms with Gasteiger partial charge in [0.1, 0.15) is 0 Å². The molecule has 0 amide bonds. The Morgan fingerprint density at radius 1 is 1.20 bits per heavy atom. The molecule has 0 saturated carbocycles. The van der Waals surface area contributed by atoms with Crippen molar-refractivity contribution >= 4 is 22.1 Å². The van der Waals surface area contributed by atoms with Gasteiger partial charge in [-0.15, -0.1) is 0 Å². The first-order valence-corrected chi connectivity index (χ1v) is 6.29. The van der Waals surface area contributed by atoms with Gasteiger partial charge in [-0.3, -0.25) is 0 Å². The molecule has 0 aliphatic heterocycles. The van der Waals surface area contributed by atoms with Crippen LogP contribution in [0.1, 0.15) is 11.3 Å². The zero-order valence-electron chi connectivity index (χ0n) is 11.2. The SMILES string of the molecule is Cc1c(CCN)c2c3oc(=O)c(=O)oc3ccc2n1C. The zero-order chi connectivity index (χ0) is 14.4. The Labute approximate surface area is 113 Å². The van der Waals surface area contributed by atoms with Crippen molar-refractivity contribution in [1.29, 1.82) is 0 Å². The fraction of sp³-hybridized carbons (Fsp3) is 0.286. The minimum atomic E-state index is -0.995. The number of rotatable bonds is 2. The van der Waals surface area contributed by atoms with Gasteiger partial charge >= 0.3 is 11.3 Å². The molecule has 1 aromatic carbocycles. The predicted molar refractivity (Wildman–Crippen MR) is 75.0 cm³/mol. The lowest BCUT2D eigenvalue weighted by molar-refractivity contribution is 0.450. The molecule has 0 bridgehead atoms. The van der Waals surface area contributed by atoms with E-state index in [1.54, 1.807) is 6.07 Å². The molecule has 3 aromatic rings. The van der Waals surface area contributed by atoms with Gasteiger partial charge in [0.25, 0.3) is 0 Å². The predicted octanol–water partition coefficient (Wildman–Crippen LogP) is 1.05. The van der Waals surface area contributed by atoms with Gasteiger partial charge in [0.2, 0.25) is 0 Å². The Balaban J connectivity index is 2.58. The van der Waals surface area contributed by atoms with E-state index in [0.29, 0.717) is 18.5 Å². The van der Waals surface area contributed by atoms with Crippen LogP contribution in [0.5, 0.6) is 0 Å². The average Bonchev–Trinajstić information content (AvgIpc) is 2.66. The quantitative estimate of drug-likeness (QED) is 0.705. The first kappa shape index (κ1) is 12.7. The number of hydrogen-bond donors (Lipinski definition) is 1. The van der Waals surface area contributed by atoms with Crippen molar-refractivity contribution in [2.75, 3.05) is 6.54 Å². The minimum Gasteiger partial charge on any atom is -0.414 e. The molecule has 2 aromatic heterocycles. The number of hydrogen-bond acceptors (Lipinski definition) is 5. The fourth-order valence-corrected chi connectivity index (χ4v) is 2.60. The highest BCUT2D eigenvalue weighted by Gasteiger charge is 2.17. The molecule has 3 rings (SSSR count). The molecule has 20 heavy (non-hydrogen) atoms. The van der Waals surface area contributed by atoms with Crippen LogP contribution in [0.15, 0.2) is 30.6 Å². The summed E-state index contributed by atoms with van der Waals surface area (Å²) in [5.74, 6) is 0. The molecule has 6 heteroatoms. The van der Waals surface area contributed by atoms with Gasteiger partial charge in [0, 0.05) is 18.1 Å². The lowest BCUT2D eigenvalue weighted by Gasteiger charge is -2.00. The van der Waals surface area contributed by atoms with E-state index in [1.807, 2.05) is 24.6 Å². The molecule has 0 saturated heterocycles. The highest BCUT2D eigenvalue weighted by Crippen LogP contribution is 2.31. The topological polar surface area (TPSA) is 91.4 Å². The fourth-order valence-electron chi connectivity index (χ4n) is 2.60. The Hall–Kier alpha value is -2.34. The summed E-state index contributed by atoms with van der Waals surface area (Å²) < 4.78 is 12.1. The van der Waals surface area contributed by atoms with Crippen LogP contribution < -0.4 is 17.0 Å². The number of benzene rings is 1. The Bertz CT molecular complexity index is 930. The summed E-state index contributed by atoms with van der Waals surface area (Å²) in [6.07, 6.45) is 0.658. The van der Waals surface area contributed by atoms with E-state index in [0.717, 1.165) is 22.2 Å². The molecular weight excluding hydrogens is 260 g/mol. The lowest BCUT2D eigenvalue weighted by Crippen LogP contribution is -2.20. The van der Waals surface area contributed by atoms with Gasteiger partial charge in [0.15, 0.2) is 11.2 Å². The molecule has 0 aliphatic rings. The summed E-state index contributed by atoms with van der Waals surface area (Å²) in [5.41, 5.74) is 7.20. The molecule has 0 aliphatic carbocycles. The summed E-state index contributed by atoms with van der Waals surface area (Å²) in [6, 6.07) is 3.47. The van der Waals surface area contributed by atoms with Crippen LogP contribution in [0.25, 0.3) is 22.1 Å². The molecule has 0 fully saturated rings. The molecule has 2 heterocycles. The molecule has 104 valence electrons. The maximum absolute atomic E-state index is 11.4. The van der Waals surface area contributed by atoms with Gasteiger partial charge in [-0.1, -0.05) is 0 Å². The van der Waals surface area contributed by atoms with Gasteiger partial charge in [-0.25, -0.2) is 9.59 Å². The second-order valence-electron chi connectivity index (χ2n) is 4.73. The van der Waals surface area contributed by atoms with Crippen molar-refractivity contribution in [3.8, 4) is 0 Å². The highest BCUT2D eigenvalue weighted by atomic mass is 16.5. The number of aryl methyl sites for hydroxylation is 1. The van der Waals surface area contributed by atoms with E-state index in [-0.39, 0.29) is 5.58 Å². The van der Waals surface area contributed by atoms with E-state index in [4.69, 9.17) is 14.6 Å². The standard InChI is InChI=1S/C14H14N2O4/c1-7-8(5-6-15)11-9(16(7)2)3-4-10-12(11)20-14(18)13(17)19-10/h3-4H,5-6,15H2,1-2H3. The normalized spacial score (nSPS) is 11.6. The first-order valence-electron chi connectivity index (χ1n) is 6.29. The number of fused-ring (bicyclic) bond motifs is 3.